The molecule has 0 aliphatic carbocycles. The summed E-state index contributed by atoms with van der Waals surface area (Å²) in [6, 6.07) is 8.99. The first-order valence-corrected chi connectivity index (χ1v) is 5.35. The van der Waals surface area contributed by atoms with Gasteiger partial charge in [0, 0.05) is 9.75 Å². The number of terminal acetylenes is 1. The molecule has 0 N–H and O–H groups in total. The van der Waals surface area contributed by atoms with E-state index in [0.717, 1.165) is 10.4 Å². The van der Waals surface area contributed by atoms with Crippen LogP contribution < -0.4 is 0 Å². The number of hydrogen-bond donors (Lipinski definition) is 0. The molecular formula is C13H9FS. The quantitative estimate of drug-likeness (QED) is 0.635. The van der Waals surface area contributed by atoms with Crippen LogP contribution in [0.5, 0.6) is 0 Å². The lowest BCUT2D eigenvalue weighted by molar-refractivity contribution is 0.625. The van der Waals surface area contributed by atoms with Gasteiger partial charge in [-0.15, -0.1) is 17.8 Å². The average molecular weight is 216 g/mol. The van der Waals surface area contributed by atoms with Crippen molar-refractivity contribution in [3.05, 3.63) is 46.6 Å². The third-order valence-corrected chi connectivity index (χ3v) is 3.20. The van der Waals surface area contributed by atoms with Crippen molar-refractivity contribution in [2.45, 2.75) is 6.92 Å². The minimum atomic E-state index is -0.332. The molecule has 1 aromatic heterocycles. The molecule has 0 nitrogen and oxygen atoms in total. The van der Waals surface area contributed by atoms with Crippen molar-refractivity contribution < 1.29 is 4.39 Å². The molecule has 0 saturated heterocycles. The zero-order valence-corrected chi connectivity index (χ0v) is 9.07. The van der Waals surface area contributed by atoms with Crippen LogP contribution in [-0.4, -0.2) is 0 Å². The minimum Gasteiger partial charge on any atom is -0.206 e. The van der Waals surface area contributed by atoms with E-state index in [2.05, 4.69) is 5.92 Å². The monoisotopic (exact) mass is 216 g/mol. The molecule has 0 radical (unpaired) electrons. The molecular weight excluding hydrogens is 207 g/mol. The summed E-state index contributed by atoms with van der Waals surface area (Å²) in [5.41, 5.74) is 1.19. The topological polar surface area (TPSA) is 0 Å². The lowest BCUT2D eigenvalue weighted by Crippen LogP contribution is -1.83. The largest absolute Gasteiger partial charge is 0.206 e. The van der Waals surface area contributed by atoms with E-state index in [0.29, 0.717) is 5.56 Å². The summed E-state index contributed by atoms with van der Waals surface area (Å²) in [4.78, 5) is 2.28. The van der Waals surface area contributed by atoms with Crippen molar-refractivity contribution in [2.75, 3.05) is 0 Å². The molecule has 1 aromatic carbocycles. The Labute approximate surface area is 92.4 Å². The second kappa shape index (κ2) is 3.88. The Morgan fingerprint density at radius 3 is 2.60 bits per heavy atom. The zero-order chi connectivity index (χ0) is 10.8. The first kappa shape index (κ1) is 9.95. The smallest absolute Gasteiger partial charge is 0.139 e. The van der Waals surface area contributed by atoms with Gasteiger partial charge in [-0.2, -0.15) is 0 Å². The summed E-state index contributed by atoms with van der Waals surface area (Å²) < 4.78 is 13.4. The van der Waals surface area contributed by atoms with Crippen LogP contribution in [0, 0.1) is 25.1 Å². The van der Waals surface area contributed by atoms with E-state index < -0.39 is 0 Å². The Bertz CT molecular complexity index is 532. The Morgan fingerprint density at radius 2 is 2.07 bits per heavy atom. The summed E-state index contributed by atoms with van der Waals surface area (Å²) in [5.74, 6) is 1.98. The average Bonchev–Trinajstić information content (AvgIpc) is 2.65. The van der Waals surface area contributed by atoms with Gasteiger partial charge in [0.05, 0.1) is 5.56 Å². The van der Waals surface area contributed by atoms with E-state index in [-0.39, 0.29) is 5.82 Å². The zero-order valence-electron chi connectivity index (χ0n) is 8.25. The second-order valence-electron chi connectivity index (χ2n) is 3.25. The summed E-state index contributed by atoms with van der Waals surface area (Å²) >= 11 is 1.64. The van der Waals surface area contributed by atoms with E-state index in [1.165, 1.54) is 10.9 Å². The fourth-order valence-electron chi connectivity index (χ4n) is 1.38. The maximum Gasteiger partial charge on any atom is 0.139 e. The Hall–Kier alpha value is -1.59. The maximum absolute atomic E-state index is 13.4. The normalized spacial score (nSPS) is 9.93. The second-order valence-corrected chi connectivity index (χ2v) is 4.54. The lowest BCUT2D eigenvalue weighted by atomic mass is 10.1. The van der Waals surface area contributed by atoms with Crippen molar-refractivity contribution >= 4 is 11.3 Å². The van der Waals surface area contributed by atoms with Gasteiger partial charge in [-0.25, -0.2) is 4.39 Å². The van der Waals surface area contributed by atoms with Gasteiger partial charge < -0.3 is 0 Å². The summed E-state index contributed by atoms with van der Waals surface area (Å²) in [5, 5.41) is 0. The van der Waals surface area contributed by atoms with E-state index in [1.54, 1.807) is 17.4 Å². The lowest BCUT2D eigenvalue weighted by Gasteiger charge is -1.99. The van der Waals surface area contributed by atoms with Crippen LogP contribution in [0.3, 0.4) is 0 Å². The molecule has 2 rings (SSSR count). The molecule has 0 amide bonds. The fourth-order valence-corrected chi connectivity index (χ4v) is 2.24. The standard InChI is InChI=1S/C13H9FS/c1-3-10-5-6-11(8-12(10)14)13-7-4-9(2)15-13/h1,4-8H,2H3. The molecule has 0 saturated carbocycles. The van der Waals surface area contributed by atoms with Gasteiger partial charge in [-0.3, -0.25) is 0 Å². The van der Waals surface area contributed by atoms with Crippen LogP contribution in [0.25, 0.3) is 10.4 Å². The highest BCUT2D eigenvalue weighted by molar-refractivity contribution is 7.15. The first-order valence-electron chi connectivity index (χ1n) is 4.53. The molecule has 15 heavy (non-hydrogen) atoms. The summed E-state index contributed by atoms with van der Waals surface area (Å²) in [6.07, 6.45) is 5.16. The molecule has 0 aliphatic heterocycles. The van der Waals surface area contributed by atoms with E-state index in [4.69, 9.17) is 6.42 Å². The van der Waals surface area contributed by atoms with Crippen molar-refractivity contribution in [1.29, 1.82) is 0 Å². The van der Waals surface area contributed by atoms with Crippen LogP contribution in [0.2, 0.25) is 0 Å². The Balaban J connectivity index is 2.48. The van der Waals surface area contributed by atoms with Crippen LogP contribution in [0.15, 0.2) is 30.3 Å². The highest BCUT2D eigenvalue weighted by Gasteiger charge is 2.04. The van der Waals surface area contributed by atoms with Gasteiger partial charge in [0.25, 0.3) is 0 Å². The molecule has 2 aromatic rings. The molecule has 0 aliphatic rings. The third-order valence-electron chi connectivity index (χ3n) is 2.15. The Kier molecular flexibility index (Phi) is 2.57. The molecule has 0 fully saturated rings. The number of benzene rings is 1. The molecule has 74 valence electrons. The summed E-state index contributed by atoms with van der Waals surface area (Å²) in [6.45, 7) is 2.03. The minimum absolute atomic E-state index is 0.312. The maximum atomic E-state index is 13.4. The highest BCUT2D eigenvalue weighted by Crippen LogP contribution is 2.28. The van der Waals surface area contributed by atoms with Crippen molar-refractivity contribution in [2.24, 2.45) is 0 Å². The first-order chi connectivity index (χ1) is 7.20. The van der Waals surface area contributed by atoms with E-state index in [9.17, 15) is 4.39 Å². The molecule has 1 heterocycles. The number of hydrogen-bond acceptors (Lipinski definition) is 1. The molecule has 0 atom stereocenters. The summed E-state index contributed by atoms with van der Waals surface area (Å²) in [7, 11) is 0. The molecule has 2 heteroatoms. The molecule has 0 bridgehead atoms. The van der Waals surface area contributed by atoms with Crippen LogP contribution in [0.4, 0.5) is 4.39 Å². The van der Waals surface area contributed by atoms with Gasteiger partial charge >= 0.3 is 0 Å². The number of aryl methyl sites for hydroxylation is 1. The number of halogens is 1. The van der Waals surface area contributed by atoms with Crippen molar-refractivity contribution in [1.82, 2.24) is 0 Å². The van der Waals surface area contributed by atoms with Gasteiger partial charge in [-0.1, -0.05) is 12.0 Å². The van der Waals surface area contributed by atoms with Crippen molar-refractivity contribution in [3.8, 4) is 22.8 Å². The van der Waals surface area contributed by atoms with Crippen LogP contribution >= 0.6 is 11.3 Å². The number of rotatable bonds is 1. The van der Waals surface area contributed by atoms with E-state index in [1.807, 2.05) is 25.1 Å². The third kappa shape index (κ3) is 1.93. The van der Waals surface area contributed by atoms with Gasteiger partial charge in [-0.05, 0) is 36.8 Å². The van der Waals surface area contributed by atoms with Crippen LogP contribution in [-0.2, 0) is 0 Å². The van der Waals surface area contributed by atoms with Gasteiger partial charge in [0.1, 0.15) is 5.82 Å². The Morgan fingerprint density at radius 1 is 1.27 bits per heavy atom. The molecule has 0 spiro atoms. The SMILES string of the molecule is C#Cc1ccc(-c2ccc(C)s2)cc1F. The predicted octanol–water partition coefficient (Wildman–Crippen LogP) is 3.84. The number of thiophene rings is 1. The molecule has 0 unspecified atom stereocenters. The predicted molar refractivity (Wildman–Crippen MR) is 62.4 cm³/mol. The fraction of sp³-hybridized carbons (Fsp3) is 0.0769. The van der Waals surface area contributed by atoms with Crippen LogP contribution in [0.1, 0.15) is 10.4 Å². The van der Waals surface area contributed by atoms with Gasteiger partial charge in [0.15, 0.2) is 0 Å². The highest BCUT2D eigenvalue weighted by atomic mass is 32.1. The van der Waals surface area contributed by atoms with E-state index >= 15 is 0 Å². The van der Waals surface area contributed by atoms with Gasteiger partial charge in [0.2, 0.25) is 0 Å². The van der Waals surface area contributed by atoms with Crippen molar-refractivity contribution in [3.63, 3.8) is 0 Å².